The van der Waals surface area contributed by atoms with Gasteiger partial charge in [0.2, 0.25) is 0 Å². The highest BCUT2D eigenvalue weighted by Gasteiger charge is 2.36. The van der Waals surface area contributed by atoms with Crippen molar-refractivity contribution in [2.24, 2.45) is 0 Å². The number of Topliss-reactive ketones (excluding diaryl/α,β-unsaturated/α-hetero) is 1. The summed E-state index contributed by atoms with van der Waals surface area (Å²) in [6.45, 7) is 0.842. The molecular formula is C22H21NO. The standard InChI is InChI=1S/C22H21NO/c24-22-13-14-23(19-11-12-19)21(16-18-9-5-2-6-10-18)20(22)15-17-7-3-1-4-8-17/h1-10,15-16,19H,11-14H2. The Balaban J connectivity index is 1.79. The van der Waals surface area contributed by atoms with E-state index >= 15 is 0 Å². The molecule has 1 aliphatic heterocycles. The zero-order valence-electron chi connectivity index (χ0n) is 13.7. The number of ketones is 1. The fourth-order valence-electron chi connectivity index (χ4n) is 3.28. The first-order chi connectivity index (χ1) is 11.8. The van der Waals surface area contributed by atoms with E-state index in [1.807, 2.05) is 42.5 Å². The van der Waals surface area contributed by atoms with E-state index in [1.165, 1.54) is 12.8 Å². The van der Waals surface area contributed by atoms with E-state index in [9.17, 15) is 4.79 Å². The molecule has 1 aliphatic carbocycles. The SMILES string of the molecule is O=C1CCN(C2CC2)C(=Cc2ccccc2)C1=Cc1ccccc1. The van der Waals surface area contributed by atoms with Crippen LogP contribution in [0.4, 0.5) is 0 Å². The van der Waals surface area contributed by atoms with Crippen molar-refractivity contribution in [3.8, 4) is 0 Å². The van der Waals surface area contributed by atoms with E-state index in [0.29, 0.717) is 12.5 Å². The van der Waals surface area contributed by atoms with Gasteiger partial charge in [0.1, 0.15) is 0 Å². The largest absolute Gasteiger partial charge is 0.367 e. The molecule has 2 aliphatic rings. The van der Waals surface area contributed by atoms with E-state index in [4.69, 9.17) is 0 Å². The molecule has 4 rings (SSSR count). The van der Waals surface area contributed by atoms with Crippen LogP contribution in [-0.4, -0.2) is 23.3 Å². The fraction of sp³-hybridized carbons (Fsp3) is 0.227. The molecule has 1 heterocycles. The first-order valence-electron chi connectivity index (χ1n) is 8.65. The van der Waals surface area contributed by atoms with Gasteiger partial charge in [-0.1, -0.05) is 60.7 Å². The Kier molecular flexibility index (Phi) is 4.04. The highest BCUT2D eigenvalue weighted by atomic mass is 16.1. The van der Waals surface area contributed by atoms with Crippen molar-refractivity contribution in [2.75, 3.05) is 6.54 Å². The molecule has 2 aromatic rings. The number of benzene rings is 2. The second-order valence-corrected chi connectivity index (χ2v) is 6.51. The predicted octanol–water partition coefficient (Wildman–Crippen LogP) is 4.55. The Morgan fingerprint density at radius 2 is 1.42 bits per heavy atom. The van der Waals surface area contributed by atoms with Gasteiger partial charge >= 0.3 is 0 Å². The smallest absolute Gasteiger partial charge is 0.166 e. The lowest BCUT2D eigenvalue weighted by Crippen LogP contribution is -2.35. The minimum absolute atomic E-state index is 0.248. The number of nitrogens with zero attached hydrogens (tertiary/aromatic N) is 1. The second kappa shape index (κ2) is 6.48. The Bertz CT molecular complexity index is 785. The van der Waals surface area contributed by atoms with Crippen LogP contribution in [-0.2, 0) is 4.79 Å². The highest BCUT2D eigenvalue weighted by Crippen LogP contribution is 2.37. The van der Waals surface area contributed by atoms with Crippen LogP contribution >= 0.6 is 0 Å². The van der Waals surface area contributed by atoms with Crippen molar-refractivity contribution in [3.05, 3.63) is 83.1 Å². The van der Waals surface area contributed by atoms with Gasteiger partial charge in [-0.3, -0.25) is 4.79 Å². The van der Waals surface area contributed by atoms with Crippen LogP contribution in [0.15, 0.2) is 71.9 Å². The molecule has 2 aromatic carbocycles. The summed E-state index contributed by atoms with van der Waals surface area (Å²) in [6, 6.07) is 21.0. The maximum atomic E-state index is 12.7. The monoisotopic (exact) mass is 315 g/mol. The van der Waals surface area contributed by atoms with Gasteiger partial charge < -0.3 is 4.90 Å². The molecule has 2 nitrogen and oxygen atoms in total. The number of piperidine rings is 1. The van der Waals surface area contributed by atoms with Crippen molar-refractivity contribution in [3.63, 3.8) is 0 Å². The fourth-order valence-corrected chi connectivity index (χ4v) is 3.28. The Morgan fingerprint density at radius 3 is 2.00 bits per heavy atom. The van der Waals surface area contributed by atoms with Crippen molar-refractivity contribution in [2.45, 2.75) is 25.3 Å². The van der Waals surface area contributed by atoms with E-state index < -0.39 is 0 Å². The van der Waals surface area contributed by atoms with Gasteiger partial charge in [-0.2, -0.15) is 0 Å². The maximum Gasteiger partial charge on any atom is 0.166 e. The zero-order valence-corrected chi connectivity index (χ0v) is 13.7. The topological polar surface area (TPSA) is 20.3 Å². The number of likely N-dealkylation sites (tertiary alicyclic amines) is 1. The van der Waals surface area contributed by atoms with Crippen LogP contribution in [0.1, 0.15) is 30.4 Å². The first-order valence-corrected chi connectivity index (χ1v) is 8.65. The Hall–Kier alpha value is -2.61. The second-order valence-electron chi connectivity index (χ2n) is 6.51. The molecule has 1 saturated heterocycles. The van der Waals surface area contributed by atoms with E-state index in [1.54, 1.807) is 0 Å². The predicted molar refractivity (Wildman–Crippen MR) is 98.2 cm³/mol. The molecule has 0 atom stereocenters. The summed E-state index contributed by atoms with van der Waals surface area (Å²) in [4.78, 5) is 15.1. The Labute approximate surface area is 143 Å². The molecule has 120 valence electrons. The van der Waals surface area contributed by atoms with E-state index in [2.05, 4.69) is 35.2 Å². The lowest BCUT2D eigenvalue weighted by Gasteiger charge is -2.33. The van der Waals surface area contributed by atoms with Gasteiger partial charge in [0.15, 0.2) is 5.78 Å². The molecule has 0 spiro atoms. The van der Waals surface area contributed by atoms with Crippen molar-refractivity contribution < 1.29 is 4.79 Å². The summed E-state index contributed by atoms with van der Waals surface area (Å²) in [5.41, 5.74) is 4.16. The third-order valence-electron chi connectivity index (χ3n) is 4.67. The highest BCUT2D eigenvalue weighted by molar-refractivity contribution is 6.05. The van der Waals surface area contributed by atoms with Gasteiger partial charge in [-0.05, 0) is 36.1 Å². The number of carbonyl (C=O) groups excluding carboxylic acids is 1. The molecule has 0 radical (unpaired) electrons. The first kappa shape index (κ1) is 14.9. The molecule has 2 fully saturated rings. The van der Waals surface area contributed by atoms with Gasteiger partial charge in [-0.25, -0.2) is 0 Å². The van der Waals surface area contributed by atoms with Crippen LogP contribution in [0.5, 0.6) is 0 Å². The minimum Gasteiger partial charge on any atom is -0.367 e. The van der Waals surface area contributed by atoms with Crippen LogP contribution in [0, 0.1) is 0 Å². The molecule has 2 heteroatoms. The molecule has 24 heavy (non-hydrogen) atoms. The van der Waals surface area contributed by atoms with E-state index in [0.717, 1.165) is 28.9 Å². The van der Waals surface area contributed by atoms with Crippen LogP contribution in [0.25, 0.3) is 12.2 Å². The third kappa shape index (κ3) is 3.18. The van der Waals surface area contributed by atoms with Gasteiger partial charge in [0.25, 0.3) is 0 Å². The Morgan fingerprint density at radius 1 is 0.833 bits per heavy atom. The lowest BCUT2D eigenvalue weighted by molar-refractivity contribution is -0.116. The maximum absolute atomic E-state index is 12.7. The average molecular weight is 315 g/mol. The molecule has 0 amide bonds. The molecule has 0 N–H and O–H groups in total. The summed E-state index contributed by atoms with van der Waals surface area (Å²) in [7, 11) is 0. The van der Waals surface area contributed by atoms with Crippen LogP contribution in [0.2, 0.25) is 0 Å². The summed E-state index contributed by atoms with van der Waals surface area (Å²) in [5.74, 6) is 0.248. The number of hydrogen-bond donors (Lipinski definition) is 0. The summed E-state index contributed by atoms with van der Waals surface area (Å²) < 4.78 is 0. The van der Waals surface area contributed by atoms with Gasteiger partial charge in [-0.15, -0.1) is 0 Å². The van der Waals surface area contributed by atoms with E-state index in [-0.39, 0.29) is 5.78 Å². The molecular weight excluding hydrogens is 294 g/mol. The summed E-state index contributed by atoms with van der Waals surface area (Å²) in [5, 5.41) is 0. The van der Waals surface area contributed by atoms with Crippen molar-refractivity contribution in [1.82, 2.24) is 4.90 Å². The normalized spacial score (nSPS) is 21.5. The zero-order chi connectivity index (χ0) is 16.4. The quantitative estimate of drug-likeness (QED) is 0.775. The average Bonchev–Trinajstić information content (AvgIpc) is 3.45. The number of allylic oxidation sites excluding steroid dienone is 1. The molecule has 0 unspecified atom stereocenters. The summed E-state index contributed by atoms with van der Waals surface area (Å²) in [6.07, 6.45) is 7.30. The third-order valence-corrected chi connectivity index (χ3v) is 4.67. The minimum atomic E-state index is 0.248. The number of carbonyl (C=O) groups is 1. The molecule has 1 saturated carbocycles. The molecule has 0 bridgehead atoms. The lowest BCUT2D eigenvalue weighted by atomic mass is 9.95. The molecule has 0 aromatic heterocycles. The number of hydrogen-bond acceptors (Lipinski definition) is 2. The number of rotatable bonds is 3. The van der Waals surface area contributed by atoms with Crippen LogP contribution in [0.3, 0.4) is 0 Å². The van der Waals surface area contributed by atoms with Crippen molar-refractivity contribution >= 4 is 17.9 Å². The van der Waals surface area contributed by atoms with Gasteiger partial charge in [0.05, 0.1) is 0 Å². The van der Waals surface area contributed by atoms with Crippen molar-refractivity contribution in [1.29, 1.82) is 0 Å². The van der Waals surface area contributed by atoms with Gasteiger partial charge in [0, 0.05) is 30.3 Å². The summed E-state index contributed by atoms with van der Waals surface area (Å²) >= 11 is 0. The van der Waals surface area contributed by atoms with Crippen LogP contribution < -0.4 is 0 Å².